The number of likely N-dealkylation sites (tertiary alicyclic amines) is 1. The molecule has 0 amide bonds. The van der Waals surface area contributed by atoms with E-state index in [9.17, 15) is 14.4 Å². The van der Waals surface area contributed by atoms with Crippen molar-refractivity contribution in [3.63, 3.8) is 0 Å². The second-order valence-corrected chi connectivity index (χ2v) is 10.5. The molecular weight excluding hydrogens is 456 g/mol. The van der Waals surface area contributed by atoms with Gasteiger partial charge in [-0.25, -0.2) is 0 Å². The van der Waals surface area contributed by atoms with Crippen LogP contribution < -0.4 is 0 Å². The number of thioether (sulfide) groups is 1. The van der Waals surface area contributed by atoms with E-state index >= 15 is 0 Å². The average Bonchev–Trinajstić information content (AvgIpc) is 2.86. The highest BCUT2D eigenvalue weighted by molar-refractivity contribution is 7.98. The number of carbonyl (C=O) groups excluding carboxylic acids is 3. The maximum Gasteiger partial charge on any atom is 0.150 e. The minimum absolute atomic E-state index is 0.346. The first-order chi connectivity index (χ1) is 17.1. The van der Waals surface area contributed by atoms with Gasteiger partial charge < -0.3 is 9.59 Å². The summed E-state index contributed by atoms with van der Waals surface area (Å²) in [6.45, 7) is 3.89. The monoisotopic (exact) mass is 494 g/mol. The van der Waals surface area contributed by atoms with Gasteiger partial charge in [-0.05, 0) is 62.2 Å². The summed E-state index contributed by atoms with van der Waals surface area (Å²) >= 11 is 1.71. The van der Waals surface area contributed by atoms with Crippen molar-refractivity contribution in [1.29, 1.82) is 0 Å². The van der Waals surface area contributed by atoms with Gasteiger partial charge in [0.05, 0.1) is 6.04 Å². The van der Waals surface area contributed by atoms with Gasteiger partial charge >= 0.3 is 0 Å². The standard InChI is InChI=1S/C29H38N2O3S/c1-30(27(22-34)10-8-18-32)20-28-26(21-33)9-7-11-29(28)35-23-25-14-12-24(13-15-25)19-31-16-5-3-2-4-6-17-31/h7,9,11-15,18,21-22,27H,2-6,8,10,16-17,19-20,23H2,1H3. The first-order valence-electron chi connectivity index (χ1n) is 12.7. The van der Waals surface area contributed by atoms with Gasteiger partial charge in [0.15, 0.2) is 0 Å². The number of rotatable bonds is 13. The molecule has 6 heteroatoms. The SMILES string of the molecule is CN(Cc1c(C=O)cccc1SCc1ccc(CN2CCCCCCC2)cc1)C(C=O)CCC=O. The summed E-state index contributed by atoms with van der Waals surface area (Å²) < 4.78 is 0. The molecule has 1 saturated heterocycles. The maximum absolute atomic E-state index is 11.7. The lowest BCUT2D eigenvalue weighted by molar-refractivity contribution is -0.113. The Kier molecular flexibility index (Phi) is 11.7. The fourth-order valence-electron chi connectivity index (χ4n) is 4.63. The number of nitrogens with zero attached hydrogens (tertiary/aromatic N) is 2. The molecule has 2 aromatic rings. The Bertz CT molecular complexity index is 939. The van der Waals surface area contributed by atoms with Gasteiger partial charge in [0.1, 0.15) is 18.9 Å². The first kappa shape index (κ1) is 27.3. The van der Waals surface area contributed by atoms with Gasteiger partial charge in [-0.2, -0.15) is 0 Å². The van der Waals surface area contributed by atoms with E-state index in [0.717, 1.165) is 41.6 Å². The summed E-state index contributed by atoms with van der Waals surface area (Å²) in [6, 6.07) is 14.3. The van der Waals surface area contributed by atoms with Crippen LogP contribution in [0.15, 0.2) is 47.4 Å². The van der Waals surface area contributed by atoms with Crippen molar-refractivity contribution < 1.29 is 14.4 Å². The number of aldehydes is 3. The van der Waals surface area contributed by atoms with Crippen molar-refractivity contribution in [1.82, 2.24) is 9.80 Å². The smallest absolute Gasteiger partial charge is 0.150 e. The molecule has 1 heterocycles. The third kappa shape index (κ3) is 8.71. The molecule has 0 radical (unpaired) electrons. The molecule has 5 nitrogen and oxygen atoms in total. The minimum atomic E-state index is -0.348. The summed E-state index contributed by atoms with van der Waals surface area (Å²) in [7, 11) is 1.87. The Hall–Kier alpha value is -2.28. The molecule has 0 N–H and O–H groups in total. The topological polar surface area (TPSA) is 57.7 Å². The Balaban J connectivity index is 1.63. The highest BCUT2D eigenvalue weighted by atomic mass is 32.2. The van der Waals surface area contributed by atoms with E-state index < -0.39 is 0 Å². The van der Waals surface area contributed by atoms with Crippen LogP contribution >= 0.6 is 11.8 Å². The molecule has 0 aliphatic carbocycles. The van der Waals surface area contributed by atoms with Crippen molar-refractivity contribution in [3.8, 4) is 0 Å². The van der Waals surface area contributed by atoms with Gasteiger partial charge in [0.25, 0.3) is 0 Å². The third-order valence-corrected chi connectivity index (χ3v) is 7.95. The Morgan fingerprint density at radius 3 is 2.29 bits per heavy atom. The van der Waals surface area contributed by atoms with Gasteiger partial charge in [0, 0.05) is 35.7 Å². The van der Waals surface area contributed by atoms with Crippen LogP contribution in [-0.4, -0.2) is 54.8 Å². The van der Waals surface area contributed by atoms with E-state index in [0.29, 0.717) is 24.9 Å². The molecule has 1 unspecified atom stereocenters. The molecule has 1 aliphatic rings. The molecule has 35 heavy (non-hydrogen) atoms. The molecule has 3 rings (SSSR count). The molecule has 1 fully saturated rings. The van der Waals surface area contributed by atoms with Crippen LogP contribution in [0.4, 0.5) is 0 Å². The van der Waals surface area contributed by atoms with Crippen LogP contribution in [-0.2, 0) is 28.4 Å². The second-order valence-electron chi connectivity index (χ2n) is 9.45. The normalized spacial score (nSPS) is 15.8. The van der Waals surface area contributed by atoms with Gasteiger partial charge in [-0.1, -0.05) is 55.7 Å². The molecule has 0 saturated carbocycles. The van der Waals surface area contributed by atoms with Crippen LogP contribution in [0.25, 0.3) is 0 Å². The van der Waals surface area contributed by atoms with E-state index in [4.69, 9.17) is 0 Å². The lowest BCUT2D eigenvalue weighted by Crippen LogP contribution is -2.33. The van der Waals surface area contributed by atoms with Crippen LogP contribution in [0.5, 0.6) is 0 Å². The van der Waals surface area contributed by atoms with Crippen molar-refractivity contribution in [2.24, 2.45) is 0 Å². The number of carbonyl (C=O) groups is 3. The number of hydrogen-bond acceptors (Lipinski definition) is 6. The second kappa shape index (κ2) is 15.0. The largest absolute Gasteiger partial charge is 0.303 e. The number of hydrogen-bond donors (Lipinski definition) is 0. The third-order valence-electron chi connectivity index (χ3n) is 6.78. The first-order valence-corrected chi connectivity index (χ1v) is 13.7. The van der Waals surface area contributed by atoms with E-state index in [1.807, 2.05) is 30.1 Å². The van der Waals surface area contributed by atoms with Crippen molar-refractivity contribution in [2.45, 2.75) is 74.7 Å². The predicted octanol–water partition coefficient (Wildman–Crippen LogP) is 5.54. The molecule has 188 valence electrons. The van der Waals surface area contributed by atoms with Crippen molar-refractivity contribution in [3.05, 3.63) is 64.7 Å². The lowest BCUT2D eigenvalue weighted by Gasteiger charge is -2.25. The zero-order valence-corrected chi connectivity index (χ0v) is 21.7. The lowest BCUT2D eigenvalue weighted by atomic mass is 10.1. The van der Waals surface area contributed by atoms with Gasteiger partial charge in [0.2, 0.25) is 0 Å². The quantitative estimate of drug-likeness (QED) is 0.269. The highest BCUT2D eigenvalue weighted by Gasteiger charge is 2.18. The zero-order valence-electron chi connectivity index (χ0n) is 20.9. The summed E-state index contributed by atoms with van der Waals surface area (Å²) in [5.41, 5.74) is 4.19. The van der Waals surface area contributed by atoms with Crippen molar-refractivity contribution >= 4 is 30.6 Å². The predicted molar refractivity (Wildman–Crippen MR) is 143 cm³/mol. The van der Waals surface area contributed by atoms with Crippen molar-refractivity contribution in [2.75, 3.05) is 20.1 Å². The fraction of sp³-hybridized carbons (Fsp3) is 0.483. The van der Waals surface area contributed by atoms with E-state index in [2.05, 4.69) is 29.2 Å². The summed E-state index contributed by atoms with van der Waals surface area (Å²) in [5.74, 6) is 0.811. The highest BCUT2D eigenvalue weighted by Crippen LogP contribution is 2.30. The average molecular weight is 495 g/mol. The Morgan fingerprint density at radius 2 is 1.63 bits per heavy atom. The van der Waals surface area contributed by atoms with Crippen LogP contribution in [0.1, 0.15) is 72.0 Å². The van der Waals surface area contributed by atoms with Crippen LogP contribution in [0.2, 0.25) is 0 Å². The Morgan fingerprint density at radius 1 is 0.943 bits per heavy atom. The molecule has 2 aromatic carbocycles. The van der Waals surface area contributed by atoms with Crippen LogP contribution in [0, 0.1) is 0 Å². The van der Waals surface area contributed by atoms with E-state index in [-0.39, 0.29) is 6.04 Å². The minimum Gasteiger partial charge on any atom is -0.303 e. The van der Waals surface area contributed by atoms with E-state index in [1.54, 1.807) is 11.8 Å². The molecule has 0 spiro atoms. The number of benzene rings is 2. The van der Waals surface area contributed by atoms with E-state index in [1.165, 1.54) is 56.3 Å². The molecule has 1 atom stereocenters. The molecule has 1 aliphatic heterocycles. The van der Waals surface area contributed by atoms with Gasteiger partial charge in [-0.15, -0.1) is 11.8 Å². The summed E-state index contributed by atoms with van der Waals surface area (Å²) in [6.07, 6.45) is 10.1. The molecular formula is C29H38N2O3S. The maximum atomic E-state index is 11.7. The summed E-state index contributed by atoms with van der Waals surface area (Å²) in [5, 5.41) is 0. The zero-order chi connectivity index (χ0) is 24.9. The molecule has 0 aromatic heterocycles. The summed E-state index contributed by atoms with van der Waals surface area (Å²) in [4.78, 5) is 39.6. The number of likely N-dealkylation sites (N-methyl/N-ethyl adjacent to an activating group) is 1. The van der Waals surface area contributed by atoms with Gasteiger partial charge in [-0.3, -0.25) is 14.6 Å². The fourth-order valence-corrected chi connectivity index (χ4v) is 5.67. The Labute approximate surface area is 214 Å². The molecule has 0 bridgehead atoms. The van der Waals surface area contributed by atoms with Crippen LogP contribution in [0.3, 0.4) is 0 Å².